The number of nitrogens with zero attached hydrogens (tertiary/aromatic N) is 1. The van der Waals surface area contributed by atoms with Gasteiger partial charge in [0, 0.05) is 18.8 Å². The molecule has 1 unspecified atom stereocenters. The number of rotatable bonds is 5. The van der Waals surface area contributed by atoms with Crippen molar-refractivity contribution in [3.05, 3.63) is 53.9 Å². The van der Waals surface area contributed by atoms with E-state index in [-0.39, 0.29) is 18.8 Å². The fraction of sp³-hybridized carbons (Fsp3) is 0.235. The van der Waals surface area contributed by atoms with E-state index in [0.717, 1.165) is 5.56 Å². The van der Waals surface area contributed by atoms with E-state index in [0.29, 0.717) is 11.5 Å². The van der Waals surface area contributed by atoms with Gasteiger partial charge in [0.2, 0.25) is 12.9 Å². The van der Waals surface area contributed by atoms with Crippen LogP contribution in [0.4, 0.5) is 0 Å². The van der Waals surface area contributed by atoms with Crippen LogP contribution in [-0.4, -0.2) is 36.9 Å². The van der Waals surface area contributed by atoms with Gasteiger partial charge >= 0.3 is 11.9 Å². The van der Waals surface area contributed by atoms with Crippen LogP contribution < -0.4 is 9.47 Å². The number of pyridine rings is 1. The van der Waals surface area contributed by atoms with E-state index in [9.17, 15) is 9.59 Å². The average Bonchev–Trinajstić information content (AvgIpc) is 3.09. The van der Waals surface area contributed by atoms with Crippen LogP contribution in [0.2, 0.25) is 0 Å². The molecule has 1 aliphatic rings. The number of carbonyl (C=O) groups excluding carboxylic acids is 2. The number of esters is 2. The highest BCUT2D eigenvalue weighted by Crippen LogP contribution is 2.33. The highest BCUT2D eigenvalue weighted by Gasteiger charge is 2.26. The molecule has 0 aliphatic carbocycles. The molecule has 3 rings (SSSR count). The van der Waals surface area contributed by atoms with Crippen LogP contribution in [-0.2, 0) is 20.7 Å². The Morgan fingerprint density at radius 3 is 2.83 bits per heavy atom. The molecule has 1 aliphatic heterocycles. The van der Waals surface area contributed by atoms with Crippen LogP contribution in [0, 0.1) is 0 Å². The quantitative estimate of drug-likeness (QED) is 0.773. The Morgan fingerprint density at radius 1 is 1.25 bits per heavy atom. The Bertz CT molecular complexity index is 746. The van der Waals surface area contributed by atoms with E-state index in [4.69, 9.17) is 18.9 Å². The van der Waals surface area contributed by atoms with Gasteiger partial charge in [-0.2, -0.15) is 0 Å². The van der Waals surface area contributed by atoms with Gasteiger partial charge in [0.25, 0.3) is 0 Å². The fourth-order valence-corrected chi connectivity index (χ4v) is 2.27. The summed E-state index contributed by atoms with van der Waals surface area (Å²) in [7, 11) is 1.24. The molecule has 0 radical (unpaired) electrons. The molecular formula is C17H15NO6. The van der Waals surface area contributed by atoms with Crippen LogP contribution in [0.25, 0.3) is 0 Å². The third-order valence-corrected chi connectivity index (χ3v) is 3.47. The zero-order valence-electron chi connectivity index (χ0n) is 12.9. The Morgan fingerprint density at radius 2 is 2.08 bits per heavy atom. The van der Waals surface area contributed by atoms with Gasteiger partial charge in [0.1, 0.15) is 0 Å². The van der Waals surface area contributed by atoms with Crippen molar-refractivity contribution in [2.75, 3.05) is 13.9 Å². The van der Waals surface area contributed by atoms with Crippen LogP contribution in [0.1, 0.15) is 15.9 Å². The van der Waals surface area contributed by atoms with E-state index >= 15 is 0 Å². The molecule has 24 heavy (non-hydrogen) atoms. The van der Waals surface area contributed by atoms with Crippen LogP contribution >= 0.6 is 0 Å². The summed E-state index contributed by atoms with van der Waals surface area (Å²) in [5.74, 6) is -0.0421. The molecule has 0 saturated carbocycles. The number of hydrogen-bond acceptors (Lipinski definition) is 7. The lowest BCUT2D eigenvalue weighted by atomic mass is 10.1. The van der Waals surface area contributed by atoms with E-state index in [1.54, 1.807) is 36.5 Å². The number of benzene rings is 1. The first-order valence-electron chi connectivity index (χ1n) is 7.24. The van der Waals surface area contributed by atoms with Crippen molar-refractivity contribution in [3.8, 4) is 11.5 Å². The van der Waals surface area contributed by atoms with Crippen molar-refractivity contribution in [1.29, 1.82) is 0 Å². The zero-order valence-corrected chi connectivity index (χ0v) is 12.9. The van der Waals surface area contributed by atoms with Gasteiger partial charge in [-0.25, -0.2) is 9.59 Å². The molecule has 1 aromatic carbocycles. The molecule has 0 saturated heterocycles. The predicted molar refractivity (Wildman–Crippen MR) is 81.7 cm³/mol. The molecule has 1 atom stereocenters. The van der Waals surface area contributed by atoms with Crippen LogP contribution in [0.15, 0.2) is 42.7 Å². The molecule has 0 spiro atoms. The van der Waals surface area contributed by atoms with Gasteiger partial charge in [0.05, 0.1) is 12.7 Å². The first kappa shape index (κ1) is 15.8. The minimum atomic E-state index is -1.07. The predicted octanol–water partition coefficient (Wildman–Crippen LogP) is 1.75. The van der Waals surface area contributed by atoms with Gasteiger partial charge in [-0.3, -0.25) is 4.98 Å². The van der Waals surface area contributed by atoms with Crippen molar-refractivity contribution in [3.63, 3.8) is 0 Å². The van der Waals surface area contributed by atoms with Gasteiger partial charge in [-0.1, -0.05) is 6.07 Å². The minimum absolute atomic E-state index is 0.162. The largest absolute Gasteiger partial charge is 0.466 e. The Kier molecular flexibility index (Phi) is 4.60. The Balaban J connectivity index is 1.74. The second-order valence-corrected chi connectivity index (χ2v) is 5.05. The summed E-state index contributed by atoms with van der Waals surface area (Å²) in [5.41, 5.74) is 1.02. The molecule has 2 heterocycles. The summed E-state index contributed by atoms with van der Waals surface area (Å²) in [6, 6.07) is 8.44. The number of ether oxygens (including phenoxy) is 4. The molecule has 124 valence electrons. The molecule has 0 amide bonds. The first-order chi connectivity index (χ1) is 11.7. The second kappa shape index (κ2) is 6.99. The van der Waals surface area contributed by atoms with E-state index in [1.165, 1.54) is 13.3 Å². The van der Waals surface area contributed by atoms with Crippen LogP contribution in [0.3, 0.4) is 0 Å². The number of hydrogen-bond donors (Lipinski definition) is 0. The Labute approximate surface area is 138 Å². The molecule has 1 aromatic heterocycles. The molecule has 2 aromatic rings. The summed E-state index contributed by atoms with van der Waals surface area (Å²) < 4.78 is 20.6. The maximum Gasteiger partial charge on any atom is 0.347 e. The van der Waals surface area contributed by atoms with Gasteiger partial charge in [-0.15, -0.1) is 0 Å². The molecule has 7 nitrogen and oxygen atoms in total. The SMILES string of the molecule is COC(=O)C(Cc1ccc2c(c1)OCO2)OC(=O)c1cccnc1. The topological polar surface area (TPSA) is 84.0 Å². The Hall–Kier alpha value is -3.09. The highest BCUT2D eigenvalue weighted by molar-refractivity contribution is 5.91. The lowest BCUT2D eigenvalue weighted by Gasteiger charge is -2.16. The zero-order chi connectivity index (χ0) is 16.9. The summed E-state index contributed by atoms with van der Waals surface area (Å²) in [6.07, 6.45) is 2.01. The minimum Gasteiger partial charge on any atom is -0.466 e. The number of methoxy groups -OCH3 is 1. The molecule has 0 N–H and O–H groups in total. The van der Waals surface area contributed by atoms with E-state index in [2.05, 4.69) is 4.98 Å². The summed E-state index contributed by atoms with van der Waals surface area (Å²) in [4.78, 5) is 27.9. The van der Waals surface area contributed by atoms with Gasteiger partial charge < -0.3 is 18.9 Å². The standard InChI is InChI=1S/C17H15NO6/c1-21-17(20)15(24-16(19)12-3-2-6-18-9-12)8-11-4-5-13-14(7-11)23-10-22-13/h2-7,9,15H,8,10H2,1H3. The molecule has 7 heteroatoms. The number of carbonyl (C=O) groups is 2. The fourth-order valence-electron chi connectivity index (χ4n) is 2.27. The number of fused-ring (bicyclic) bond motifs is 1. The third kappa shape index (κ3) is 3.45. The monoisotopic (exact) mass is 329 g/mol. The number of aromatic nitrogens is 1. The lowest BCUT2D eigenvalue weighted by molar-refractivity contribution is -0.150. The maximum atomic E-state index is 12.1. The van der Waals surface area contributed by atoms with Crippen LogP contribution in [0.5, 0.6) is 11.5 Å². The molecular weight excluding hydrogens is 314 g/mol. The molecule has 0 fully saturated rings. The summed E-state index contributed by atoms with van der Waals surface area (Å²) in [5, 5.41) is 0. The van der Waals surface area contributed by atoms with Gasteiger partial charge in [0.15, 0.2) is 11.5 Å². The first-order valence-corrected chi connectivity index (χ1v) is 7.24. The van der Waals surface area contributed by atoms with E-state index < -0.39 is 18.0 Å². The van der Waals surface area contributed by atoms with E-state index in [1.807, 2.05) is 0 Å². The van der Waals surface area contributed by atoms with Crippen molar-refractivity contribution < 1.29 is 28.5 Å². The van der Waals surface area contributed by atoms with Crippen molar-refractivity contribution in [1.82, 2.24) is 4.98 Å². The molecule has 0 bridgehead atoms. The summed E-state index contributed by atoms with van der Waals surface area (Å²) >= 11 is 0. The normalized spacial score (nSPS) is 13.2. The van der Waals surface area contributed by atoms with Crippen molar-refractivity contribution in [2.45, 2.75) is 12.5 Å². The summed E-state index contributed by atoms with van der Waals surface area (Å²) in [6.45, 7) is 0.162. The highest BCUT2D eigenvalue weighted by atomic mass is 16.7. The maximum absolute atomic E-state index is 12.1. The smallest absolute Gasteiger partial charge is 0.347 e. The average molecular weight is 329 g/mol. The van der Waals surface area contributed by atoms with Gasteiger partial charge in [-0.05, 0) is 29.8 Å². The van der Waals surface area contributed by atoms with Crippen molar-refractivity contribution in [2.24, 2.45) is 0 Å². The van der Waals surface area contributed by atoms with Crippen molar-refractivity contribution >= 4 is 11.9 Å². The third-order valence-electron chi connectivity index (χ3n) is 3.47. The second-order valence-electron chi connectivity index (χ2n) is 5.05. The lowest BCUT2D eigenvalue weighted by Crippen LogP contribution is -2.30.